The van der Waals surface area contributed by atoms with Gasteiger partial charge in [-0.05, 0) is 55.0 Å². The fourth-order valence-corrected chi connectivity index (χ4v) is 3.85. The second-order valence-electron chi connectivity index (χ2n) is 7.39. The van der Waals surface area contributed by atoms with Crippen LogP contribution in [0.4, 0.5) is 5.69 Å². The van der Waals surface area contributed by atoms with E-state index in [0.29, 0.717) is 35.2 Å². The smallest absolute Gasteiger partial charge is 0.291 e. The molecule has 158 valence electrons. The van der Waals surface area contributed by atoms with Gasteiger partial charge in [-0.1, -0.05) is 46.3 Å². The number of halogens is 1. The summed E-state index contributed by atoms with van der Waals surface area (Å²) in [5.74, 6) is 1.05. The maximum Gasteiger partial charge on any atom is 0.291 e. The number of fused-ring (bicyclic) bond motifs is 1. The van der Waals surface area contributed by atoms with Crippen LogP contribution >= 0.6 is 15.9 Å². The van der Waals surface area contributed by atoms with Crippen molar-refractivity contribution in [2.75, 3.05) is 5.32 Å². The number of carbonyl (C=O) groups excluding carboxylic acids is 1. The van der Waals surface area contributed by atoms with Crippen LogP contribution in [0.3, 0.4) is 0 Å². The molecule has 0 saturated heterocycles. The summed E-state index contributed by atoms with van der Waals surface area (Å²) in [7, 11) is 0. The molecule has 0 radical (unpaired) electrons. The Balaban J connectivity index is 1.28. The molecule has 5 aromatic rings. The second kappa shape index (κ2) is 8.43. The maximum atomic E-state index is 12.8. The van der Waals surface area contributed by atoms with E-state index in [1.54, 1.807) is 0 Å². The van der Waals surface area contributed by atoms with E-state index in [9.17, 15) is 4.79 Å². The van der Waals surface area contributed by atoms with Gasteiger partial charge in [0.1, 0.15) is 5.58 Å². The van der Waals surface area contributed by atoms with Crippen molar-refractivity contribution in [2.24, 2.45) is 0 Å². The summed E-state index contributed by atoms with van der Waals surface area (Å²) in [6.07, 6.45) is 0.506. The fraction of sp³-hybridized carbons (Fsp3) is 0.0800. The molecule has 0 spiro atoms. The maximum absolute atomic E-state index is 12.8. The van der Waals surface area contributed by atoms with Gasteiger partial charge in [-0.2, -0.15) is 0 Å². The van der Waals surface area contributed by atoms with E-state index in [1.807, 2.05) is 79.7 Å². The Morgan fingerprint density at radius 1 is 0.969 bits per heavy atom. The largest absolute Gasteiger partial charge is 0.451 e. The minimum atomic E-state index is -0.285. The highest BCUT2D eigenvalue weighted by Gasteiger charge is 2.18. The minimum absolute atomic E-state index is 0.285. The van der Waals surface area contributed by atoms with Crippen LogP contribution in [0.5, 0.6) is 0 Å². The van der Waals surface area contributed by atoms with E-state index < -0.39 is 0 Å². The van der Waals surface area contributed by atoms with Crippen LogP contribution in [0.25, 0.3) is 22.4 Å². The summed E-state index contributed by atoms with van der Waals surface area (Å²) >= 11 is 3.42. The zero-order valence-electron chi connectivity index (χ0n) is 17.1. The average molecular weight is 488 g/mol. The average Bonchev–Trinajstić information content (AvgIpc) is 3.40. The number of aryl methyl sites for hydroxylation is 1. The van der Waals surface area contributed by atoms with Crippen LogP contribution in [-0.2, 0) is 6.42 Å². The lowest BCUT2D eigenvalue weighted by Crippen LogP contribution is -2.12. The fourth-order valence-electron chi connectivity index (χ4n) is 3.51. The summed E-state index contributed by atoms with van der Waals surface area (Å²) in [5, 5.41) is 12.1. The first-order valence-corrected chi connectivity index (χ1v) is 10.8. The van der Waals surface area contributed by atoms with Crippen molar-refractivity contribution in [2.45, 2.75) is 13.3 Å². The third kappa shape index (κ3) is 4.07. The van der Waals surface area contributed by atoms with Crippen LogP contribution in [0.1, 0.15) is 27.6 Å². The van der Waals surface area contributed by atoms with Gasteiger partial charge in [-0.15, -0.1) is 10.2 Å². The van der Waals surface area contributed by atoms with Crippen molar-refractivity contribution in [3.8, 4) is 11.5 Å². The first kappa shape index (κ1) is 20.2. The molecule has 3 aromatic carbocycles. The highest BCUT2D eigenvalue weighted by atomic mass is 79.9. The molecule has 7 heteroatoms. The number of rotatable bonds is 5. The van der Waals surface area contributed by atoms with Crippen LogP contribution < -0.4 is 5.32 Å². The Bertz CT molecular complexity index is 1410. The molecular formula is C25H18BrN3O3. The van der Waals surface area contributed by atoms with Gasteiger partial charge in [0.25, 0.3) is 5.91 Å². The Kier molecular flexibility index (Phi) is 5.33. The van der Waals surface area contributed by atoms with Gasteiger partial charge in [0, 0.05) is 26.7 Å². The predicted molar refractivity (Wildman–Crippen MR) is 126 cm³/mol. The van der Waals surface area contributed by atoms with E-state index in [1.165, 1.54) is 0 Å². The summed E-state index contributed by atoms with van der Waals surface area (Å²) in [6.45, 7) is 1.88. The van der Waals surface area contributed by atoms with Crippen LogP contribution in [0.15, 0.2) is 86.1 Å². The van der Waals surface area contributed by atoms with Gasteiger partial charge in [0.05, 0.1) is 6.42 Å². The summed E-state index contributed by atoms with van der Waals surface area (Å²) in [4.78, 5) is 12.8. The minimum Gasteiger partial charge on any atom is -0.451 e. The number of carbonyl (C=O) groups is 1. The lowest BCUT2D eigenvalue weighted by Gasteiger charge is -2.05. The molecule has 6 nitrogen and oxygen atoms in total. The van der Waals surface area contributed by atoms with Gasteiger partial charge in [0.15, 0.2) is 5.76 Å². The molecule has 0 bridgehead atoms. The molecule has 1 N–H and O–H groups in total. The number of hydrogen-bond donors (Lipinski definition) is 1. The number of furan rings is 1. The molecule has 0 atom stereocenters. The van der Waals surface area contributed by atoms with Gasteiger partial charge in [-0.3, -0.25) is 4.79 Å². The van der Waals surface area contributed by atoms with E-state index in [2.05, 4.69) is 31.4 Å². The normalized spacial score (nSPS) is 11.1. The van der Waals surface area contributed by atoms with Crippen molar-refractivity contribution in [3.63, 3.8) is 0 Å². The molecular weight excluding hydrogens is 470 g/mol. The zero-order chi connectivity index (χ0) is 22.1. The lowest BCUT2D eigenvalue weighted by atomic mass is 10.1. The van der Waals surface area contributed by atoms with Crippen molar-refractivity contribution >= 4 is 38.5 Å². The Morgan fingerprint density at radius 2 is 1.75 bits per heavy atom. The first-order valence-electron chi connectivity index (χ1n) is 10.0. The van der Waals surface area contributed by atoms with Crippen molar-refractivity contribution in [1.82, 2.24) is 10.2 Å². The van der Waals surface area contributed by atoms with E-state index >= 15 is 0 Å². The number of anilines is 1. The standard InChI is InChI=1S/C25H18BrN3O3/c1-15-20-12-9-18(26)14-21(20)31-23(15)24(30)27-19-10-7-16(8-11-19)13-22-28-29-25(32-22)17-5-3-2-4-6-17/h2-12,14H,13H2,1H3,(H,27,30). The van der Waals surface area contributed by atoms with Crippen molar-refractivity contribution < 1.29 is 13.6 Å². The third-order valence-electron chi connectivity index (χ3n) is 5.16. The predicted octanol–water partition coefficient (Wildman–Crippen LogP) is 6.40. The molecule has 0 aliphatic carbocycles. The van der Waals surface area contributed by atoms with Gasteiger partial charge in [0.2, 0.25) is 11.8 Å². The van der Waals surface area contributed by atoms with Crippen molar-refractivity contribution in [1.29, 1.82) is 0 Å². The molecule has 5 rings (SSSR count). The Labute approximate surface area is 192 Å². The SMILES string of the molecule is Cc1c(C(=O)Nc2ccc(Cc3nnc(-c4ccccc4)o3)cc2)oc2cc(Br)ccc12. The number of nitrogens with zero attached hydrogens (tertiary/aromatic N) is 2. The quantitative estimate of drug-likeness (QED) is 0.310. The zero-order valence-corrected chi connectivity index (χ0v) is 18.7. The molecule has 0 saturated carbocycles. The van der Waals surface area contributed by atoms with E-state index in [-0.39, 0.29) is 5.91 Å². The number of nitrogens with one attached hydrogen (secondary N) is 1. The highest BCUT2D eigenvalue weighted by molar-refractivity contribution is 9.10. The number of amides is 1. The van der Waals surface area contributed by atoms with Crippen molar-refractivity contribution in [3.05, 3.63) is 100 Å². The molecule has 0 unspecified atom stereocenters. The molecule has 32 heavy (non-hydrogen) atoms. The highest BCUT2D eigenvalue weighted by Crippen LogP contribution is 2.28. The Morgan fingerprint density at radius 3 is 2.53 bits per heavy atom. The number of benzene rings is 3. The van der Waals surface area contributed by atoms with Crippen LogP contribution in [0.2, 0.25) is 0 Å². The van der Waals surface area contributed by atoms with Crippen LogP contribution in [-0.4, -0.2) is 16.1 Å². The second-order valence-corrected chi connectivity index (χ2v) is 8.31. The molecule has 2 heterocycles. The summed E-state index contributed by atoms with van der Waals surface area (Å²) < 4.78 is 12.5. The van der Waals surface area contributed by atoms with Crippen LogP contribution in [0, 0.1) is 6.92 Å². The lowest BCUT2D eigenvalue weighted by molar-refractivity contribution is 0.0998. The molecule has 0 aliphatic heterocycles. The molecule has 0 fully saturated rings. The topological polar surface area (TPSA) is 81.2 Å². The number of hydrogen-bond acceptors (Lipinski definition) is 5. The number of aromatic nitrogens is 2. The summed E-state index contributed by atoms with van der Waals surface area (Å²) in [5.41, 5.74) is 4.04. The van der Waals surface area contributed by atoms with E-state index in [4.69, 9.17) is 8.83 Å². The molecule has 2 aromatic heterocycles. The monoisotopic (exact) mass is 487 g/mol. The van der Waals surface area contributed by atoms with Gasteiger partial charge >= 0.3 is 0 Å². The molecule has 1 amide bonds. The Hall–Kier alpha value is -3.71. The molecule has 0 aliphatic rings. The van der Waals surface area contributed by atoms with Gasteiger partial charge in [-0.25, -0.2) is 0 Å². The first-order chi connectivity index (χ1) is 15.6. The van der Waals surface area contributed by atoms with Gasteiger partial charge < -0.3 is 14.2 Å². The van der Waals surface area contributed by atoms with E-state index in [0.717, 1.165) is 26.5 Å². The summed E-state index contributed by atoms with van der Waals surface area (Å²) in [6, 6.07) is 22.9. The third-order valence-corrected chi connectivity index (χ3v) is 5.65.